The highest BCUT2D eigenvalue weighted by molar-refractivity contribution is 6.30. The zero-order chi connectivity index (χ0) is 22.2. The molecule has 1 unspecified atom stereocenters. The van der Waals surface area contributed by atoms with Gasteiger partial charge in [0.25, 0.3) is 5.91 Å². The standard InChI is InChI=1S/C25H31ClN2O3/c1-18-7-6-10-23(15-18)31-17-24(29)28(16-20-11-13-21(26)14-12-20)19(2)25(30)27-22-8-4-3-5-9-22/h6-7,10-15,19,22H,3-5,8-9,16-17H2,1-2H3,(H,27,30). The number of aryl methyl sites for hydroxylation is 1. The van der Waals surface area contributed by atoms with E-state index in [2.05, 4.69) is 5.32 Å². The van der Waals surface area contributed by atoms with Crippen molar-refractivity contribution in [1.82, 2.24) is 10.2 Å². The lowest BCUT2D eigenvalue weighted by Gasteiger charge is -2.31. The smallest absolute Gasteiger partial charge is 0.261 e. The van der Waals surface area contributed by atoms with E-state index >= 15 is 0 Å². The first-order valence-corrected chi connectivity index (χ1v) is 11.3. The Bertz CT molecular complexity index is 879. The lowest BCUT2D eigenvalue weighted by molar-refractivity contribution is -0.142. The first-order chi connectivity index (χ1) is 14.9. The maximum atomic E-state index is 13.1. The van der Waals surface area contributed by atoms with Gasteiger partial charge in [-0.2, -0.15) is 0 Å². The van der Waals surface area contributed by atoms with Crippen molar-refractivity contribution in [3.05, 3.63) is 64.7 Å². The third-order valence-corrected chi connectivity index (χ3v) is 5.99. The van der Waals surface area contributed by atoms with Crippen molar-refractivity contribution in [2.45, 2.75) is 64.6 Å². The Hall–Kier alpha value is -2.53. The molecule has 166 valence electrons. The maximum Gasteiger partial charge on any atom is 0.261 e. The van der Waals surface area contributed by atoms with Crippen LogP contribution in [0.25, 0.3) is 0 Å². The molecule has 1 atom stereocenters. The highest BCUT2D eigenvalue weighted by atomic mass is 35.5. The van der Waals surface area contributed by atoms with Crippen LogP contribution in [-0.4, -0.2) is 35.4 Å². The lowest BCUT2D eigenvalue weighted by atomic mass is 9.95. The molecule has 1 N–H and O–H groups in total. The van der Waals surface area contributed by atoms with Crippen LogP contribution in [0.15, 0.2) is 48.5 Å². The average Bonchev–Trinajstić information content (AvgIpc) is 2.77. The van der Waals surface area contributed by atoms with Gasteiger partial charge in [0.1, 0.15) is 11.8 Å². The van der Waals surface area contributed by atoms with Crippen molar-refractivity contribution in [3.63, 3.8) is 0 Å². The second-order valence-corrected chi connectivity index (χ2v) is 8.71. The minimum atomic E-state index is -0.605. The fourth-order valence-corrected chi connectivity index (χ4v) is 4.00. The van der Waals surface area contributed by atoms with Crippen LogP contribution in [-0.2, 0) is 16.1 Å². The number of hydrogen-bond donors (Lipinski definition) is 1. The number of amides is 2. The van der Waals surface area contributed by atoms with Gasteiger partial charge >= 0.3 is 0 Å². The van der Waals surface area contributed by atoms with Crippen LogP contribution in [0.4, 0.5) is 0 Å². The van der Waals surface area contributed by atoms with Gasteiger partial charge in [-0.1, -0.05) is 55.1 Å². The molecule has 1 aliphatic rings. The Kier molecular flexibility index (Phi) is 8.35. The summed E-state index contributed by atoms with van der Waals surface area (Å²) in [5, 5.41) is 3.77. The van der Waals surface area contributed by atoms with Gasteiger partial charge in [0, 0.05) is 17.6 Å². The van der Waals surface area contributed by atoms with Gasteiger partial charge < -0.3 is 15.0 Å². The van der Waals surface area contributed by atoms with Crippen molar-refractivity contribution < 1.29 is 14.3 Å². The molecule has 1 aliphatic carbocycles. The van der Waals surface area contributed by atoms with Crippen molar-refractivity contribution in [3.8, 4) is 5.75 Å². The van der Waals surface area contributed by atoms with Crippen molar-refractivity contribution in [1.29, 1.82) is 0 Å². The van der Waals surface area contributed by atoms with Crippen LogP contribution < -0.4 is 10.1 Å². The number of ether oxygens (including phenoxy) is 1. The summed E-state index contributed by atoms with van der Waals surface area (Å²) in [6.45, 7) is 3.93. The highest BCUT2D eigenvalue weighted by Gasteiger charge is 2.28. The number of carbonyl (C=O) groups is 2. The predicted molar refractivity (Wildman–Crippen MR) is 123 cm³/mol. The van der Waals surface area contributed by atoms with Crippen molar-refractivity contribution in [2.24, 2.45) is 0 Å². The molecule has 0 aliphatic heterocycles. The van der Waals surface area contributed by atoms with Crippen molar-refractivity contribution >= 4 is 23.4 Å². The molecule has 0 bridgehead atoms. The lowest BCUT2D eigenvalue weighted by Crippen LogP contribution is -2.51. The summed E-state index contributed by atoms with van der Waals surface area (Å²) in [5.41, 5.74) is 1.97. The third kappa shape index (κ3) is 7.00. The van der Waals surface area contributed by atoms with E-state index in [4.69, 9.17) is 16.3 Å². The number of hydrogen-bond acceptors (Lipinski definition) is 3. The minimum Gasteiger partial charge on any atom is -0.484 e. The summed E-state index contributed by atoms with van der Waals surface area (Å²) in [7, 11) is 0. The number of nitrogens with zero attached hydrogens (tertiary/aromatic N) is 1. The van der Waals surface area contributed by atoms with Crippen LogP contribution >= 0.6 is 11.6 Å². The Balaban J connectivity index is 1.70. The van der Waals surface area contributed by atoms with E-state index in [-0.39, 0.29) is 24.5 Å². The van der Waals surface area contributed by atoms with Crippen LogP contribution in [0.1, 0.15) is 50.2 Å². The Labute approximate surface area is 189 Å². The Morgan fingerprint density at radius 1 is 1.13 bits per heavy atom. The van der Waals surface area contributed by atoms with E-state index in [1.165, 1.54) is 6.42 Å². The van der Waals surface area contributed by atoms with E-state index in [0.29, 0.717) is 17.3 Å². The first-order valence-electron chi connectivity index (χ1n) is 11.0. The molecule has 0 heterocycles. The monoisotopic (exact) mass is 442 g/mol. The van der Waals surface area contributed by atoms with E-state index in [1.807, 2.05) is 43.3 Å². The normalized spacial score (nSPS) is 15.2. The molecule has 1 saturated carbocycles. The Morgan fingerprint density at radius 3 is 2.52 bits per heavy atom. The van der Waals surface area contributed by atoms with Crippen LogP contribution in [0.2, 0.25) is 5.02 Å². The summed E-state index contributed by atoms with van der Waals surface area (Å²) in [4.78, 5) is 27.6. The van der Waals surface area contributed by atoms with Crippen molar-refractivity contribution in [2.75, 3.05) is 6.61 Å². The summed E-state index contributed by atoms with van der Waals surface area (Å²) in [5.74, 6) is 0.284. The van der Waals surface area contributed by atoms with Gasteiger partial charge in [0.05, 0.1) is 0 Å². The predicted octanol–water partition coefficient (Wildman–Crippen LogP) is 4.89. The summed E-state index contributed by atoms with van der Waals surface area (Å²) >= 11 is 6.00. The molecule has 0 saturated heterocycles. The third-order valence-electron chi connectivity index (χ3n) is 5.74. The zero-order valence-electron chi connectivity index (χ0n) is 18.3. The molecule has 1 fully saturated rings. The van der Waals surface area contributed by atoms with Gasteiger partial charge in [-0.05, 0) is 62.1 Å². The summed E-state index contributed by atoms with van der Waals surface area (Å²) < 4.78 is 5.72. The second kappa shape index (κ2) is 11.2. The summed E-state index contributed by atoms with van der Waals surface area (Å²) in [6, 6.07) is 14.5. The summed E-state index contributed by atoms with van der Waals surface area (Å²) in [6.07, 6.45) is 5.49. The topological polar surface area (TPSA) is 58.6 Å². The van der Waals surface area contributed by atoms with E-state index < -0.39 is 6.04 Å². The molecule has 2 amide bonds. The molecular weight excluding hydrogens is 412 g/mol. The highest BCUT2D eigenvalue weighted by Crippen LogP contribution is 2.19. The van der Waals surface area contributed by atoms with E-state index in [0.717, 1.165) is 36.8 Å². The van der Waals surface area contributed by atoms with Crippen LogP contribution in [0.3, 0.4) is 0 Å². The van der Waals surface area contributed by atoms with Crippen LogP contribution in [0, 0.1) is 6.92 Å². The minimum absolute atomic E-state index is 0.121. The maximum absolute atomic E-state index is 13.1. The molecule has 3 rings (SSSR count). The fraction of sp³-hybridized carbons (Fsp3) is 0.440. The average molecular weight is 443 g/mol. The van der Waals surface area contributed by atoms with Gasteiger partial charge in [-0.3, -0.25) is 9.59 Å². The van der Waals surface area contributed by atoms with Gasteiger partial charge in [0.2, 0.25) is 5.91 Å². The molecule has 0 radical (unpaired) electrons. The van der Waals surface area contributed by atoms with Crippen LogP contribution in [0.5, 0.6) is 5.75 Å². The molecule has 2 aromatic carbocycles. The molecule has 31 heavy (non-hydrogen) atoms. The van der Waals surface area contributed by atoms with Gasteiger partial charge in [-0.25, -0.2) is 0 Å². The van der Waals surface area contributed by atoms with E-state index in [9.17, 15) is 9.59 Å². The number of nitrogens with one attached hydrogen (secondary N) is 1. The molecule has 5 nitrogen and oxygen atoms in total. The zero-order valence-corrected chi connectivity index (χ0v) is 19.0. The molecule has 0 spiro atoms. The van der Waals surface area contributed by atoms with Gasteiger partial charge in [-0.15, -0.1) is 0 Å². The quantitative estimate of drug-likeness (QED) is 0.633. The molecule has 2 aromatic rings. The number of benzene rings is 2. The number of rotatable bonds is 8. The molecule has 0 aromatic heterocycles. The molecular formula is C25H31ClN2O3. The van der Waals surface area contributed by atoms with Gasteiger partial charge in [0.15, 0.2) is 6.61 Å². The van der Waals surface area contributed by atoms with E-state index in [1.54, 1.807) is 24.0 Å². The second-order valence-electron chi connectivity index (χ2n) is 8.27. The number of halogens is 1. The number of carbonyl (C=O) groups excluding carboxylic acids is 2. The Morgan fingerprint density at radius 2 is 1.84 bits per heavy atom. The molecule has 6 heteroatoms. The fourth-order valence-electron chi connectivity index (χ4n) is 3.87. The SMILES string of the molecule is Cc1cccc(OCC(=O)N(Cc2ccc(Cl)cc2)C(C)C(=O)NC2CCCCC2)c1. The largest absolute Gasteiger partial charge is 0.484 e. The first kappa shape index (κ1) is 23.1.